The average Bonchev–Trinajstić information content (AvgIpc) is 3.84. The van der Waals surface area contributed by atoms with Gasteiger partial charge in [0.1, 0.15) is 11.9 Å². The van der Waals surface area contributed by atoms with E-state index in [4.69, 9.17) is 16.3 Å². The van der Waals surface area contributed by atoms with Crippen molar-refractivity contribution in [1.82, 2.24) is 14.9 Å². The fourth-order valence-corrected chi connectivity index (χ4v) is 9.00. The minimum Gasteiger partial charge on any atom is -0.465 e. The normalized spacial score (nSPS) is 23.1. The van der Waals surface area contributed by atoms with Crippen LogP contribution in [0.4, 0.5) is 14.9 Å². The molecule has 0 spiro atoms. The first kappa shape index (κ1) is 32.6. The summed E-state index contributed by atoms with van der Waals surface area (Å²) in [5.74, 6) is -1.73. The van der Waals surface area contributed by atoms with E-state index >= 15 is 4.39 Å². The van der Waals surface area contributed by atoms with Crippen LogP contribution >= 0.6 is 11.6 Å². The SMILES string of the molecule is C[C@H]1CNC[C@H](CCc2c(F)cccc2NC(=O)[C@@H](NC(=O)O)[C@@H](c2ccc(Cl)cc2)C2CCOCC2)N1S(=O)(=O)C1CC1. The summed E-state index contributed by atoms with van der Waals surface area (Å²) in [6, 6.07) is 9.59. The predicted molar refractivity (Wildman–Crippen MR) is 166 cm³/mol. The molecular weight excluding hydrogens is 611 g/mol. The summed E-state index contributed by atoms with van der Waals surface area (Å²) in [6.45, 7) is 3.85. The third kappa shape index (κ3) is 7.54. The number of rotatable bonds is 11. The minimum atomic E-state index is -3.45. The number of sulfonamides is 1. The number of hydrogen-bond acceptors (Lipinski definition) is 6. The fraction of sp³-hybridized carbons (Fsp3) is 0.548. The smallest absolute Gasteiger partial charge is 0.405 e. The predicted octanol–water partition coefficient (Wildman–Crippen LogP) is 4.35. The number of carboxylic acid groups (broad SMARTS) is 1. The molecule has 4 N–H and O–H groups in total. The number of carbonyl (C=O) groups excluding carboxylic acids is 1. The highest BCUT2D eigenvalue weighted by atomic mass is 35.5. The van der Waals surface area contributed by atoms with Crippen LogP contribution in [0.25, 0.3) is 0 Å². The first-order valence-electron chi connectivity index (χ1n) is 15.2. The molecule has 2 saturated heterocycles. The molecule has 13 heteroatoms. The molecule has 2 aromatic carbocycles. The summed E-state index contributed by atoms with van der Waals surface area (Å²) in [6.07, 6.45) is 1.76. The molecule has 0 bridgehead atoms. The Bertz CT molecular complexity index is 1440. The van der Waals surface area contributed by atoms with Gasteiger partial charge in [0.25, 0.3) is 0 Å². The third-order valence-corrected chi connectivity index (χ3v) is 11.7. The molecule has 0 unspecified atom stereocenters. The van der Waals surface area contributed by atoms with Crippen LogP contribution in [0, 0.1) is 11.7 Å². The van der Waals surface area contributed by atoms with Crippen molar-refractivity contribution in [2.75, 3.05) is 31.6 Å². The van der Waals surface area contributed by atoms with E-state index in [1.807, 2.05) is 6.92 Å². The number of benzene rings is 2. The van der Waals surface area contributed by atoms with Crippen molar-refractivity contribution >= 4 is 39.3 Å². The number of amides is 2. The van der Waals surface area contributed by atoms with Crippen LogP contribution in [0.2, 0.25) is 5.02 Å². The second-order valence-electron chi connectivity index (χ2n) is 12.0. The molecular formula is C31H40ClFN4O6S. The van der Waals surface area contributed by atoms with Gasteiger partial charge in [-0.2, -0.15) is 4.31 Å². The summed E-state index contributed by atoms with van der Waals surface area (Å²) >= 11 is 6.13. The van der Waals surface area contributed by atoms with Gasteiger partial charge >= 0.3 is 6.09 Å². The van der Waals surface area contributed by atoms with Crippen LogP contribution in [0.3, 0.4) is 0 Å². The van der Waals surface area contributed by atoms with Crippen molar-refractivity contribution in [3.8, 4) is 0 Å². The zero-order chi connectivity index (χ0) is 31.4. The van der Waals surface area contributed by atoms with E-state index in [1.54, 1.807) is 34.6 Å². The largest absolute Gasteiger partial charge is 0.465 e. The summed E-state index contributed by atoms with van der Waals surface area (Å²) in [7, 11) is -3.45. The fourth-order valence-electron chi connectivity index (χ4n) is 6.62. The highest BCUT2D eigenvalue weighted by Crippen LogP contribution is 2.37. The topological polar surface area (TPSA) is 137 Å². The Labute approximate surface area is 262 Å². The molecule has 2 aromatic rings. The maximum atomic E-state index is 15.3. The Hall–Kier alpha value is -2.77. The molecule has 5 rings (SSSR count). The van der Waals surface area contributed by atoms with Crippen molar-refractivity contribution in [2.24, 2.45) is 5.92 Å². The van der Waals surface area contributed by atoms with E-state index in [1.165, 1.54) is 12.1 Å². The van der Waals surface area contributed by atoms with Gasteiger partial charge in [0.15, 0.2) is 0 Å². The van der Waals surface area contributed by atoms with Crippen LogP contribution in [-0.4, -0.2) is 79.5 Å². The van der Waals surface area contributed by atoms with Crippen molar-refractivity contribution in [1.29, 1.82) is 0 Å². The molecule has 1 aliphatic carbocycles. The molecule has 10 nitrogen and oxygen atoms in total. The maximum Gasteiger partial charge on any atom is 0.405 e. The Kier molecular flexibility index (Phi) is 10.5. The quantitative estimate of drug-likeness (QED) is 0.284. The molecule has 3 fully saturated rings. The van der Waals surface area contributed by atoms with Crippen molar-refractivity contribution in [2.45, 2.75) is 74.7 Å². The lowest BCUT2D eigenvalue weighted by Crippen LogP contribution is -2.59. The van der Waals surface area contributed by atoms with Crippen LogP contribution in [0.5, 0.6) is 0 Å². The monoisotopic (exact) mass is 650 g/mol. The Morgan fingerprint density at radius 1 is 1.11 bits per heavy atom. The molecule has 1 saturated carbocycles. The van der Waals surface area contributed by atoms with E-state index < -0.39 is 39.8 Å². The standard InChI is InChI=1S/C31H40ClFN4O6S/c1-19-17-34-18-23(37(19)44(41,42)24-10-11-24)9-12-25-26(33)3-2-4-27(25)35-30(38)29(36-31(39)40)28(21-13-15-43-16-14-21)20-5-7-22(32)8-6-20/h2-8,19,21,23-24,28-29,34,36H,9-18H2,1H3,(H,35,38)(H,39,40)/t19-,23-,28-,29-/m0/s1. The molecule has 44 heavy (non-hydrogen) atoms. The van der Waals surface area contributed by atoms with Crippen molar-refractivity contribution in [3.63, 3.8) is 0 Å². The number of carbonyl (C=O) groups is 2. The van der Waals surface area contributed by atoms with Gasteiger partial charge < -0.3 is 25.8 Å². The lowest BCUT2D eigenvalue weighted by molar-refractivity contribution is -0.119. The number of ether oxygens (including phenoxy) is 1. The number of halogens is 2. The lowest BCUT2D eigenvalue weighted by Gasteiger charge is -2.40. The van der Waals surface area contributed by atoms with Crippen LogP contribution in [-0.2, 0) is 26.0 Å². The van der Waals surface area contributed by atoms with Gasteiger partial charge in [-0.1, -0.05) is 29.8 Å². The third-order valence-electron chi connectivity index (χ3n) is 8.91. The second-order valence-corrected chi connectivity index (χ2v) is 14.5. The van der Waals surface area contributed by atoms with Gasteiger partial charge in [-0.15, -0.1) is 0 Å². The number of hydrogen-bond donors (Lipinski definition) is 4. The van der Waals surface area contributed by atoms with E-state index in [-0.39, 0.29) is 40.9 Å². The first-order valence-corrected chi connectivity index (χ1v) is 17.1. The molecule has 4 atom stereocenters. The van der Waals surface area contributed by atoms with Crippen LogP contribution in [0.1, 0.15) is 56.1 Å². The highest BCUT2D eigenvalue weighted by molar-refractivity contribution is 7.90. The van der Waals surface area contributed by atoms with Crippen molar-refractivity contribution in [3.05, 3.63) is 64.4 Å². The first-order chi connectivity index (χ1) is 21.1. The molecule has 2 heterocycles. The summed E-state index contributed by atoms with van der Waals surface area (Å²) in [5, 5.41) is 18.5. The molecule has 2 aliphatic heterocycles. The number of piperazine rings is 1. The van der Waals surface area contributed by atoms with Crippen molar-refractivity contribution < 1.29 is 32.2 Å². The second kappa shape index (κ2) is 14.1. The Morgan fingerprint density at radius 2 is 1.82 bits per heavy atom. The van der Waals surface area contributed by atoms with Gasteiger partial charge in [0, 0.05) is 60.6 Å². The van der Waals surface area contributed by atoms with Gasteiger partial charge in [-0.3, -0.25) is 4.79 Å². The van der Waals surface area contributed by atoms with Gasteiger partial charge in [-0.05, 0) is 81.2 Å². The van der Waals surface area contributed by atoms with E-state index in [0.29, 0.717) is 63.4 Å². The molecule has 0 radical (unpaired) electrons. The van der Waals surface area contributed by atoms with Crippen LogP contribution < -0.4 is 16.0 Å². The van der Waals surface area contributed by atoms with Gasteiger partial charge in [0.05, 0.1) is 5.25 Å². The van der Waals surface area contributed by atoms with Crippen LogP contribution in [0.15, 0.2) is 42.5 Å². The molecule has 3 aliphatic rings. The lowest BCUT2D eigenvalue weighted by atomic mass is 9.76. The summed E-state index contributed by atoms with van der Waals surface area (Å²) in [4.78, 5) is 25.9. The minimum absolute atomic E-state index is 0.0558. The highest BCUT2D eigenvalue weighted by Gasteiger charge is 2.46. The number of nitrogens with one attached hydrogen (secondary N) is 3. The van der Waals surface area contributed by atoms with Gasteiger partial charge in [-0.25, -0.2) is 17.6 Å². The maximum absolute atomic E-state index is 15.3. The number of anilines is 1. The Morgan fingerprint density at radius 3 is 2.48 bits per heavy atom. The van der Waals surface area contributed by atoms with E-state index in [0.717, 1.165) is 5.56 Å². The summed E-state index contributed by atoms with van der Waals surface area (Å²) in [5.41, 5.74) is 1.22. The number of nitrogens with zero attached hydrogens (tertiary/aromatic N) is 1. The average molecular weight is 651 g/mol. The molecule has 2 amide bonds. The van der Waals surface area contributed by atoms with Gasteiger partial charge in [0.2, 0.25) is 15.9 Å². The zero-order valence-electron chi connectivity index (χ0n) is 24.7. The molecule has 240 valence electrons. The Balaban J connectivity index is 1.39. The van der Waals surface area contributed by atoms with E-state index in [9.17, 15) is 23.1 Å². The molecule has 0 aromatic heterocycles. The summed E-state index contributed by atoms with van der Waals surface area (Å²) < 4.78 is 49.0. The zero-order valence-corrected chi connectivity index (χ0v) is 26.2. The van der Waals surface area contributed by atoms with E-state index in [2.05, 4.69) is 16.0 Å².